The molecule has 0 aliphatic heterocycles. The van der Waals surface area contributed by atoms with Gasteiger partial charge in [-0.3, -0.25) is 0 Å². The normalized spacial score (nSPS) is 14.5. The van der Waals surface area contributed by atoms with E-state index >= 15 is 0 Å². The van der Waals surface area contributed by atoms with E-state index in [1.165, 1.54) is 16.8 Å². The third kappa shape index (κ3) is 2.90. The van der Waals surface area contributed by atoms with Crippen LogP contribution in [0.25, 0.3) is 0 Å². The third-order valence-electron chi connectivity index (χ3n) is 3.97. The lowest BCUT2D eigenvalue weighted by molar-refractivity contribution is 0.865. The molecular weight excluding hydrogens is 278 g/mol. The van der Waals surface area contributed by atoms with Crippen molar-refractivity contribution in [3.8, 4) is 0 Å². The fourth-order valence-electron chi connectivity index (χ4n) is 2.80. The summed E-state index contributed by atoms with van der Waals surface area (Å²) in [4.78, 5) is 5.16. The molecule has 0 fully saturated rings. The van der Waals surface area contributed by atoms with Crippen LogP contribution in [0.15, 0.2) is 36.4 Å². The van der Waals surface area contributed by atoms with E-state index in [-0.39, 0.29) is 6.04 Å². The number of hydrogen-bond donors (Lipinski definition) is 2. The molecule has 1 unspecified atom stereocenters. The average molecular weight is 297 g/mol. The summed E-state index contributed by atoms with van der Waals surface area (Å²) in [6.45, 7) is 2.12. The summed E-state index contributed by atoms with van der Waals surface area (Å²) in [5.41, 5.74) is 10.4. The highest BCUT2D eigenvalue weighted by atomic mass is 32.1. The number of pyridine rings is 1. The number of nitrogens with two attached hydrogens (primary N) is 1. The highest BCUT2D eigenvalue weighted by molar-refractivity contribution is 7.80. The van der Waals surface area contributed by atoms with Gasteiger partial charge in [0.1, 0.15) is 10.8 Å². The van der Waals surface area contributed by atoms with Crippen LogP contribution in [0, 0.1) is 0 Å². The van der Waals surface area contributed by atoms with Crippen molar-refractivity contribution in [2.45, 2.75) is 32.2 Å². The van der Waals surface area contributed by atoms with Gasteiger partial charge in [0.2, 0.25) is 0 Å². The molecule has 1 aromatic carbocycles. The minimum absolute atomic E-state index is 0.159. The van der Waals surface area contributed by atoms with Crippen LogP contribution in [0.1, 0.15) is 41.8 Å². The Morgan fingerprint density at radius 3 is 2.76 bits per heavy atom. The Labute approximate surface area is 130 Å². The van der Waals surface area contributed by atoms with E-state index in [1.54, 1.807) is 0 Å². The fraction of sp³-hybridized carbons (Fsp3) is 0.294. The number of nitrogens with zero attached hydrogens (tertiary/aromatic N) is 1. The van der Waals surface area contributed by atoms with E-state index in [4.69, 9.17) is 22.9 Å². The van der Waals surface area contributed by atoms with Gasteiger partial charge in [-0.05, 0) is 43.4 Å². The standard InChI is InChI=1S/C17H19N3S/c1-11(12-6-3-2-4-7-12)19-17-14(16(18)21)10-13-8-5-9-15(13)20-17/h2-4,6-7,10-11H,5,8-9H2,1H3,(H2,18,21)(H,19,20). The van der Waals surface area contributed by atoms with E-state index < -0.39 is 0 Å². The smallest absolute Gasteiger partial charge is 0.137 e. The van der Waals surface area contributed by atoms with Gasteiger partial charge >= 0.3 is 0 Å². The Hall–Kier alpha value is -1.94. The molecule has 1 aliphatic carbocycles. The molecule has 3 rings (SSSR count). The number of aryl methyl sites for hydroxylation is 2. The lowest BCUT2D eigenvalue weighted by atomic mass is 10.1. The maximum Gasteiger partial charge on any atom is 0.137 e. The number of benzene rings is 1. The van der Waals surface area contributed by atoms with Gasteiger partial charge in [0, 0.05) is 11.7 Å². The summed E-state index contributed by atoms with van der Waals surface area (Å²) in [6, 6.07) is 12.6. The molecule has 1 heterocycles. The molecular formula is C17H19N3S. The third-order valence-corrected chi connectivity index (χ3v) is 4.19. The van der Waals surface area contributed by atoms with E-state index in [2.05, 4.69) is 30.4 Å². The molecule has 2 aromatic rings. The first-order valence-electron chi connectivity index (χ1n) is 7.29. The number of rotatable bonds is 4. The monoisotopic (exact) mass is 297 g/mol. The van der Waals surface area contributed by atoms with Gasteiger partial charge in [0.15, 0.2) is 0 Å². The second kappa shape index (κ2) is 5.82. The minimum Gasteiger partial charge on any atom is -0.389 e. The molecule has 108 valence electrons. The summed E-state index contributed by atoms with van der Waals surface area (Å²) >= 11 is 5.19. The maximum atomic E-state index is 5.87. The van der Waals surface area contributed by atoms with Gasteiger partial charge in [0.25, 0.3) is 0 Å². The molecule has 0 saturated heterocycles. The first kappa shape index (κ1) is 14.0. The Morgan fingerprint density at radius 2 is 2.05 bits per heavy atom. The molecule has 0 bridgehead atoms. The van der Waals surface area contributed by atoms with Crippen LogP contribution in [0.4, 0.5) is 5.82 Å². The first-order valence-corrected chi connectivity index (χ1v) is 7.70. The summed E-state index contributed by atoms with van der Waals surface area (Å²) in [5.74, 6) is 0.805. The lowest BCUT2D eigenvalue weighted by Crippen LogP contribution is -2.17. The number of anilines is 1. The first-order chi connectivity index (χ1) is 10.1. The second-order valence-electron chi connectivity index (χ2n) is 5.48. The van der Waals surface area contributed by atoms with Crippen molar-refractivity contribution in [1.82, 2.24) is 4.98 Å². The summed E-state index contributed by atoms with van der Waals surface area (Å²) in [6.07, 6.45) is 3.28. The van der Waals surface area contributed by atoms with E-state index in [9.17, 15) is 0 Å². The van der Waals surface area contributed by atoms with Crippen LogP contribution in [0.3, 0.4) is 0 Å². The highest BCUT2D eigenvalue weighted by Crippen LogP contribution is 2.27. The molecule has 0 saturated carbocycles. The summed E-state index contributed by atoms with van der Waals surface area (Å²) in [7, 11) is 0. The van der Waals surface area contributed by atoms with Crippen LogP contribution in [0.5, 0.6) is 0 Å². The molecule has 3 N–H and O–H groups in total. The number of fused-ring (bicyclic) bond motifs is 1. The Balaban J connectivity index is 1.93. The van der Waals surface area contributed by atoms with E-state index in [0.29, 0.717) is 4.99 Å². The van der Waals surface area contributed by atoms with Crippen molar-refractivity contribution < 1.29 is 0 Å². The van der Waals surface area contributed by atoms with Crippen molar-refractivity contribution in [3.05, 3.63) is 58.8 Å². The van der Waals surface area contributed by atoms with Crippen molar-refractivity contribution in [2.24, 2.45) is 5.73 Å². The molecule has 4 heteroatoms. The van der Waals surface area contributed by atoms with Crippen molar-refractivity contribution in [2.75, 3.05) is 5.32 Å². The lowest BCUT2D eigenvalue weighted by Gasteiger charge is -2.18. The Kier molecular flexibility index (Phi) is 3.88. The van der Waals surface area contributed by atoms with Gasteiger partial charge in [0.05, 0.1) is 5.56 Å². The largest absolute Gasteiger partial charge is 0.389 e. The predicted octanol–water partition coefficient (Wildman–Crippen LogP) is 3.38. The van der Waals surface area contributed by atoms with E-state index in [1.807, 2.05) is 18.2 Å². The molecule has 0 spiro atoms. The van der Waals surface area contributed by atoms with Gasteiger partial charge in [-0.1, -0.05) is 42.5 Å². The number of thiocarbonyl (C=S) groups is 1. The van der Waals surface area contributed by atoms with Gasteiger partial charge < -0.3 is 11.1 Å². The topological polar surface area (TPSA) is 50.9 Å². The van der Waals surface area contributed by atoms with Gasteiger partial charge in [-0.2, -0.15) is 0 Å². The van der Waals surface area contributed by atoms with Crippen LogP contribution in [-0.4, -0.2) is 9.97 Å². The van der Waals surface area contributed by atoms with Gasteiger partial charge in [-0.15, -0.1) is 0 Å². The molecule has 1 aliphatic rings. The van der Waals surface area contributed by atoms with Crippen molar-refractivity contribution >= 4 is 23.0 Å². The molecule has 21 heavy (non-hydrogen) atoms. The average Bonchev–Trinajstić information content (AvgIpc) is 2.94. The number of hydrogen-bond acceptors (Lipinski definition) is 3. The minimum atomic E-state index is 0.159. The summed E-state index contributed by atoms with van der Waals surface area (Å²) < 4.78 is 0. The molecule has 0 radical (unpaired) electrons. The zero-order valence-electron chi connectivity index (χ0n) is 12.1. The zero-order valence-corrected chi connectivity index (χ0v) is 12.9. The SMILES string of the molecule is CC(Nc1nc2c(cc1C(N)=S)CCC2)c1ccccc1. The van der Waals surface area contributed by atoms with Crippen LogP contribution in [0.2, 0.25) is 0 Å². The van der Waals surface area contributed by atoms with Crippen molar-refractivity contribution in [1.29, 1.82) is 0 Å². The van der Waals surface area contributed by atoms with Crippen LogP contribution in [-0.2, 0) is 12.8 Å². The van der Waals surface area contributed by atoms with Gasteiger partial charge in [-0.25, -0.2) is 4.98 Å². The fourth-order valence-corrected chi connectivity index (χ4v) is 2.96. The zero-order chi connectivity index (χ0) is 14.8. The quantitative estimate of drug-likeness (QED) is 0.850. The Morgan fingerprint density at radius 1 is 1.29 bits per heavy atom. The number of aromatic nitrogens is 1. The van der Waals surface area contributed by atoms with E-state index in [0.717, 1.165) is 30.6 Å². The summed E-state index contributed by atoms with van der Waals surface area (Å²) in [5, 5.41) is 3.46. The van der Waals surface area contributed by atoms with Crippen molar-refractivity contribution in [3.63, 3.8) is 0 Å². The Bertz CT molecular complexity index is 667. The molecule has 0 amide bonds. The van der Waals surface area contributed by atoms with Crippen LogP contribution >= 0.6 is 12.2 Å². The molecule has 3 nitrogen and oxygen atoms in total. The predicted molar refractivity (Wildman–Crippen MR) is 90.6 cm³/mol. The maximum absolute atomic E-state index is 5.87. The molecule has 1 atom stereocenters. The molecule has 1 aromatic heterocycles. The van der Waals surface area contributed by atoms with Crippen LogP contribution < -0.4 is 11.1 Å². The second-order valence-corrected chi connectivity index (χ2v) is 5.92. The highest BCUT2D eigenvalue weighted by Gasteiger charge is 2.18. The number of nitrogens with one attached hydrogen (secondary N) is 1.